The summed E-state index contributed by atoms with van der Waals surface area (Å²) in [5.74, 6) is 0.380. The van der Waals surface area contributed by atoms with E-state index < -0.39 is 4.92 Å². The maximum absolute atomic E-state index is 13.9. The summed E-state index contributed by atoms with van der Waals surface area (Å²) < 4.78 is 1.83. The van der Waals surface area contributed by atoms with Gasteiger partial charge in [0.2, 0.25) is 0 Å². The summed E-state index contributed by atoms with van der Waals surface area (Å²) in [6.07, 6.45) is 5.13. The van der Waals surface area contributed by atoms with Gasteiger partial charge in [0.1, 0.15) is 0 Å². The van der Waals surface area contributed by atoms with E-state index in [2.05, 4.69) is 17.0 Å². The third-order valence-electron chi connectivity index (χ3n) is 8.23. The van der Waals surface area contributed by atoms with Crippen molar-refractivity contribution in [3.05, 3.63) is 104 Å². The second-order valence-electron chi connectivity index (χ2n) is 10.9. The predicted molar refractivity (Wildman–Crippen MR) is 165 cm³/mol. The Morgan fingerprint density at radius 3 is 2.43 bits per heavy atom. The number of nitrogens with zero attached hydrogens (tertiary/aromatic N) is 5. The molecule has 0 spiro atoms. The molecule has 4 aromatic rings. The van der Waals surface area contributed by atoms with E-state index in [-0.39, 0.29) is 23.2 Å². The van der Waals surface area contributed by atoms with Crippen LogP contribution >= 0.6 is 11.8 Å². The van der Waals surface area contributed by atoms with E-state index in [4.69, 9.17) is 4.98 Å². The van der Waals surface area contributed by atoms with Crippen molar-refractivity contribution in [2.24, 2.45) is 0 Å². The number of carbonyl (C=O) groups is 1. The summed E-state index contributed by atoms with van der Waals surface area (Å²) >= 11 is 1.41. The molecule has 1 saturated heterocycles. The van der Waals surface area contributed by atoms with E-state index in [0.29, 0.717) is 40.5 Å². The van der Waals surface area contributed by atoms with Crippen LogP contribution in [0.2, 0.25) is 0 Å². The largest absolute Gasteiger partial charge is 0.368 e. The van der Waals surface area contributed by atoms with Crippen molar-refractivity contribution in [3.8, 4) is 0 Å². The molecule has 42 heavy (non-hydrogen) atoms. The number of aromatic nitrogens is 2. The molecule has 10 heteroatoms. The predicted octanol–water partition coefficient (Wildman–Crippen LogP) is 6.06. The summed E-state index contributed by atoms with van der Waals surface area (Å²) in [6.45, 7) is 2.75. The van der Waals surface area contributed by atoms with E-state index >= 15 is 0 Å². The minimum Gasteiger partial charge on any atom is -0.368 e. The van der Waals surface area contributed by atoms with Gasteiger partial charge in [-0.15, -0.1) is 0 Å². The number of nitro groups is 1. The number of anilines is 1. The molecule has 2 heterocycles. The normalized spacial score (nSPS) is 16.1. The van der Waals surface area contributed by atoms with Gasteiger partial charge in [0.05, 0.1) is 15.8 Å². The van der Waals surface area contributed by atoms with Gasteiger partial charge >= 0.3 is 0 Å². The van der Waals surface area contributed by atoms with Crippen molar-refractivity contribution in [3.63, 3.8) is 0 Å². The number of hydrogen-bond donors (Lipinski definition) is 0. The maximum atomic E-state index is 13.9. The quantitative estimate of drug-likeness (QED) is 0.113. The number of fused-ring (bicyclic) bond motifs is 1. The third-order valence-corrected chi connectivity index (χ3v) is 9.26. The number of rotatable bonds is 7. The molecule has 9 nitrogen and oxygen atoms in total. The zero-order valence-corrected chi connectivity index (χ0v) is 24.2. The Hall–Kier alpha value is -4.18. The molecule has 1 amide bonds. The highest BCUT2D eigenvalue weighted by molar-refractivity contribution is 7.98. The minimum atomic E-state index is -0.402. The highest BCUT2D eigenvalue weighted by Crippen LogP contribution is 2.32. The van der Waals surface area contributed by atoms with Crippen LogP contribution in [-0.4, -0.2) is 51.5 Å². The fourth-order valence-electron chi connectivity index (χ4n) is 5.97. The van der Waals surface area contributed by atoms with Gasteiger partial charge in [-0.2, -0.15) is 0 Å². The van der Waals surface area contributed by atoms with Gasteiger partial charge in [0.15, 0.2) is 5.16 Å². The van der Waals surface area contributed by atoms with Gasteiger partial charge in [-0.05, 0) is 48.7 Å². The van der Waals surface area contributed by atoms with Crippen LogP contribution in [0.5, 0.6) is 0 Å². The number of piperazine rings is 1. The summed E-state index contributed by atoms with van der Waals surface area (Å²) in [5, 5.41) is 12.4. The first-order valence-electron chi connectivity index (χ1n) is 14.5. The van der Waals surface area contributed by atoms with Crippen LogP contribution in [0.1, 0.15) is 54.1 Å². The number of non-ortho nitro benzene ring substituents is 1. The maximum Gasteiger partial charge on any atom is 0.269 e. The molecule has 0 bridgehead atoms. The summed E-state index contributed by atoms with van der Waals surface area (Å²) in [6, 6.07) is 22.1. The lowest BCUT2D eigenvalue weighted by atomic mass is 9.95. The van der Waals surface area contributed by atoms with Crippen LogP contribution < -0.4 is 10.5 Å². The van der Waals surface area contributed by atoms with Crippen molar-refractivity contribution in [1.82, 2.24) is 14.5 Å². The molecular formula is C32H33N5O4S. The number of hydrogen-bond acceptors (Lipinski definition) is 7. The lowest BCUT2D eigenvalue weighted by molar-refractivity contribution is -0.384. The summed E-state index contributed by atoms with van der Waals surface area (Å²) in [7, 11) is 0. The first-order chi connectivity index (χ1) is 20.5. The number of carbonyl (C=O) groups excluding carboxylic acids is 1. The smallest absolute Gasteiger partial charge is 0.269 e. The highest BCUT2D eigenvalue weighted by Gasteiger charge is 2.25. The zero-order valence-electron chi connectivity index (χ0n) is 23.4. The number of thioether (sulfide) groups is 1. The zero-order chi connectivity index (χ0) is 29.1. The van der Waals surface area contributed by atoms with Crippen LogP contribution in [-0.2, 0) is 5.75 Å². The van der Waals surface area contributed by atoms with E-state index in [9.17, 15) is 19.7 Å². The van der Waals surface area contributed by atoms with Crippen LogP contribution in [0.4, 0.5) is 11.4 Å². The van der Waals surface area contributed by atoms with E-state index in [1.165, 1.54) is 17.8 Å². The Balaban J connectivity index is 1.27. The van der Waals surface area contributed by atoms with Crippen LogP contribution in [0.15, 0.2) is 82.7 Å². The van der Waals surface area contributed by atoms with Crippen molar-refractivity contribution < 1.29 is 9.72 Å². The molecule has 1 saturated carbocycles. The first-order valence-corrected chi connectivity index (χ1v) is 15.5. The molecule has 6 rings (SSSR count). The molecule has 0 atom stereocenters. The van der Waals surface area contributed by atoms with Crippen LogP contribution in [0.3, 0.4) is 0 Å². The lowest BCUT2D eigenvalue weighted by Crippen LogP contribution is -2.48. The van der Waals surface area contributed by atoms with Crippen molar-refractivity contribution in [2.45, 2.75) is 49.1 Å². The summed E-state index contributed by atoms with van der Waals surface area (Å²) in [5.41, 5.74) is 2.91. The second-order valence-corrected chi connectivity index (χ2v) is 11.9. The number of nitro benzene ring substituents is 1. The molecule has 1 aliphatic carbocycles. The second kappa shape index (κ2) is 12.4. The molecular weight excluding hydrogens is 550 g/mol. The van der Waals surface area contributed by atoms with Gasteiger partial charge < -0.3 is 9.80 Å². The Morgan fingerprint density at radius 2 is 1.69 bits per heavy atom. The van der Waals surface area contributed by atoms with Crippen molar-refractivity contribution in [2.75, 3.05) is 31.1 Å². The van der Waals surface area contributed by atoms with Gasteiger partial charge in [-0.1, -0.05) is 61.4 Å². The van der Waals surface area contributed by atoms with Gasteiger partial charge in [0, 0.05) is 61.4 Å². The van der Waals surface area contributed by atoms with E-state index in [1.54, 1.807) is 30.3 Å². The molecule has 1 aliphatic heterocycles. The average molecular weight is 584 g/mol. The molecule has 2 fully saturated rings. The van der Waals surface area contributed by atoms with Gasteiger partial charge in [-0.25, -0.2) is 4.98 Å². The molecule has 0 N–H and O–H groups in total. The average Bonchev–Trinajstić information content (AvgIpc) is 3.04. The standard InChI is InChI=1S/C32H33N5O4S/c38-30(35-18-16-34(17-19-35)25-9-3-1-4-10-25)24-14-15-28-29(21-24)33-32(36(31(28)39)26-11-5-2-6-12-26)42-22-23-8-7-13-27(20-23)37(40)41/h1,3-4,7-10,13-15,20-21,26H,2,5-6,11-12,16-19,22H2. The monoisotopic (exact) mass is 583 g/mol. The van der Waals surface area contributed by atoms with Crippen molar-refractivity contribution in [1.29, 1.82) is 0 Å². The number of benzene rings is 3. The SMILES string of the molecule is O=C(c1ccc2c(=O)n(C3CCCCC3)c(SCc3cccc([N+](=O)[O-])c3)nc2c1)N1CCN(c2ccccc2)CC1. The molecule has 3 aromatic carbocycles. The number of para-hydroxylation sites is 1. The lowest BCUT2D eigenvalue weighted by Gasteiger charge is -2.36. The third kappa shape index (κ3) is 5.90. The molecule has 216 valence electrons. The fraction of sp³-hybridized carbons (Fsp3) is 0.344. The first kappa shape index (κ1) is 28.0. The van der Waals surface area contributed by atoms with Crippen molar-refractivity contribution >= 4 is 39.9 Å². The molecule has 1 aromatic heterocycles. The van der Waals surface area contributed by atoms with E-state index in [0.717, 1.165) is 56.4 Å². The topological polar surface area (TPSA) is 102 Å². The number of amides is 1. The van der Waals surface area contributed by atoms with E-state index in [1.807, 2.05) is 33.7 Å². The summed E-state index contributed by atoms with van der Waals surface area (Å²) in [4.78, 5) is 47.3. The Kier molecular flexibility index (Phi) is 8.23. The van der Waals surface area contributed by atoms with Gasteiger partial charge in [-0.3, -0.25) is 24.3 Å². The molecule has 0 radical (unpaired) electrons. The Labute approximate surface area is 248 Å². The molecule has 0 unspecified atom stereocenters. The highest BCUT2D eigenvalue weighted by atomic mass is 32.2. The van der Waals surface area contributed by atoms with Gasteiger partial charge in [0.25, 0.3) is 17.2 Å². The van der Waals surface area contributed by atoms with Crippen LogP contribution in [0.25, 0.3) is 10.9 Å². The Bertz CT molecular complexity index is 1660. The molecule has 2 aliphatic rings. The minimum absolute atomic E-state index is 0.0389. The Morgan fingerprint density at radius 1 is 0.929 bits per heavy atom. The fourth-order valence-corrected chi connectivity index (χ4v) is 6.98. The van der Waals surface area contributed by atoms with Crippen LogP contribution in [0, 0.1) is 10.1 Å².